The molecule has 0 aliphatic carbocycles. The van der Waals surface area contributed by atoms with Gasteiger partial charge >= 0.3 is 0 Å². The molecule has 0 radical (unpaired) electrons. The Hall–Kier alpha value is -2.10. The van der Waals surface area contributed by atoms with Gasteiger partial charge < -0.3 is 14.8 Å². The summed E-state index contributed by atoms with van der Waals surface area (Å²) in [5.74, 6) is 0.849. The van der Waals surface area contributed by atoms with E-state index in [9.17, 15) is 13.2 Å². The van der Waals surface area contributed by atoms with E-state index < -0.39 is 10.0 Å². The first kappa shape index (κ1) is 20.2. The molecule has 2 aliphatic heterocycles. The molecule has 1 N–H and O–H groups in total. The molecule has 0 bridgehead atoms. The zero-order valence-electron chi connectivity index (χ0n) is 16.2. The van der Waals surface area contributed by atoms with Crippen molar-refractivity contribution in [2.24, 2.45) is 5.92 Å². The van der Waals surface area contributed by atoms with Crippen molar-refractivity contribution in [1.29, 1.82) is 0 Å². The molecule has 0 spiro atoms. The topological polar surface area (TPSA) is 84.9 Å². The fourth-order valence-electron chi connectivity index (χ4n) is 3.65. The van der Waals surface area contributed by atoms with E-state index in [4.69, 9.17) is 9.47 Å². The summed E-state index contributed by atoms with van der Waals surface area (Å²) < 4.78 is 38.8. The average molecular weight is 437 g/mol. The van der Waals surface area contributed by atoms with Gasteiger partial charge in [0.05, 0.1) is 5.92 Å². The van der Waals surface area contributed by atoms with E-state index in [1.54, 1.807) is 12.1 Å². The third kappa shape index (κ3) is 4.26. The number of sulfonamides is 1. The van der Waals surface area contributed by atoms with E-state index in [0.717, 1.165) is 10.4 Å². The van der Waals surface area contributed by atoms with Gasteiger partial charge in [-0.2, -0.15) is 4.31 Å². The van der Waals surface area contributed by atoms with Crippen molar-refractivity contribution in [3.05, 3.63) is 40.8 Å². The number of carbonyl (C=O) groups excluding carboxylic acids is 1. The van der Waals surface area contributed by atoms with Gasteiger partial charge in [-0.15, -0.1) is 11.3 Å². The van der Waals surface area contributed by atoms with E-state index >= 15 is 0 Å². The van der Waals surface area contributed by atoms with E-state index in [0.29, 0.717) is 54.9 Å². The molecule has 4 rings (SSSR count). The normalized spacial score (nSPS) is 19.7. The Kier molecular flexibility index (Phi) is 5.80. The van der Waals surface area contributed by atoms with Gasteiger partial charge in [0.25, 0.3) is 10.0 Å². The molecule has 1 unspecified atom stereocenters. The summed E-state index contributed by atoms with van der Waals surface area (Å²) in [7, 11) is -3.55. The molecule has 1 amide bonds. The summed E-state index contributed by atoms with van der Waals surface area (Å²) in [6.07, 6.45) is 1.34. The maximum atomic E-state index is 12.9. The summed E-state index contributed by atoms with van der Waals surface area (Å²) in [5.41, 5.74) is 0.852. The predicted octanol–water partition coefficient (Wildman–Crippen LogP) is 2.54. The van der Waals surface area contributed by atoms with E-state index in [1.807, 2.05) is 25.1 Å². The van der Waals surface area contributed by atoms with Gasteiger partial charge in [-0.3, -0.25) is 4.79 Å². The van der Waals surface area contributed by atoms with Crippen LogP contribution < -0.4 is 14.8 Å². The molecule has 2 aliphatic rings. The second kappa shape index (κ2) is 8.33. The van der Waals surface area contributed by atoms with Crippen molar-refractivity contribution in [2.45, 2.75) is 30.5 Å². The fourth-order valence-corrected chi connectivity index (χ4v) is 6.61. The average Bonchev–Trinajstić information content (AvgIpc) is 3.19. The highest BCUT2D eigenvalue weighted by Crippen LogP contribution is 2.33. The van der Waals surface area contributed by atoms with E-state index in [2.05, 4.69) is 5.32 Å². The molecule has 1 atom stereocenters. The van der Waals surface area contributed by atoms with Gasteiger partial charge in [-0.1, -0.05) is 12.1 Å². The Bertz CT molecular complexity index is 1000. The van der Waals surface area contributed by atoms with Gasteiger partial charge in [0.1, 0.15) is 17.4 Å². The molecule has 3 heterocycles. The molecule has 0 saturated carbocycles. The van der Waals surface area contributed by atoms with Gasteiger partial charge in [0, 0.05) is 30.1 Å². The molecule has 1 saturated heterocycles. The Morgan fingerprint density at radius 3 is 2.86 bits per heavy atom. The molecule has 9 heteroatoms. The molecule has 1 aromatic carbocycles. The number of carbonyl (C=O) groups is 1. The molecular weight excluding hydrogens is 412 g/mol. The summed E-state index contributed by atoms with van der Waals surface area (Å²) >= 11 is 1.26. The van der Waals surface area contributed by atoms with Crippen molar-refractivity contribution in [1.82, 2.24) is 9.62 Å². The first-order valence-corrected chi connectivity index (χ1v) is 11.9. The predicted molar refractivity (Wildman–Crippen MR) is 110 cm³/mol. The van der Waals surface area contributed by atoms with Crippen LogP contribution in [0, 0.1) is 12.8 Å². The van der Waals surface area contributed by atoms with Crippen LogP contribution in [0.1, 0.15) is 23.3 Å². The van der Waals surface area contributed by atoms with Crippen molar-refractivity contribution < 1.29 is 22.7 Å². The number of fused-ring (bicyclic) bond motifs is 1. The van der Waals surface area contributed by atoms with Crippen LogP contribution in [0.2, 0.25) is 0 Å². The molecule has 2 aromatic rings. The highest BCUT2D eigenvalue weighted by Gasteiger charge is 2.34. The van der Waals surface area contributed by atoms with Crippen molar-refractivity contribution in [3.63, 3.8) is 0 Å². The van der Waals surface area contributed by atoms with E-state index in [1.165, 1.54) is 15.6 Å². The van der Waals surface area contributed by atoms with Crippen molar-refractivity contribution in [3.8, 4) is 11.5 Å². The molecular formula is C20H24N2O5S2. The lowest BCUT2D eigenvalue weighted by atomic mass is 9.98. The number of ether oxygens (including phenoxy) is 2. The maximum Gasteiger partial charge on any atom is 0.252 e. The van der Waals surface area contributed by atoms with Crippen LogP contribution in [0.5, 0.6) is 11.5 Å². The van der Waals surface area contributed by atoms with Gasteiger partial charge in [0.2, 0.25) is 5.91 Å². The maximum absolute atomic E-state index is 12.9. The zero-order valence-corrected chi connectivity index (χ0v) is 17.9. The zero-order chi connectivity index (χ0) is 20.4. The molecule has 156 valence electrons. The summed E-state index contributed by atoms with van der Waals surface area (Å²) in [6.45, 7) is 3.85. The van der Waals surface area contributed by atoms with Gasteiger partial charge in [0.15, 0.2) is 11.5 Å². The van der Waals surface area contributed by atoms with E-state index in [-0.39, 0.29) is 18.4 Å². The van der Waals surface area contributed by atoms with Gasteiger partial charge in [-0.05, 0) is 38.0 Å². The first-order chi connectivity index (χ1) is 13.9. The second-order valence-electron chi connectivity index (χ2n) is 7.23. The Labute approximate surface area is 174 Å². The first-order valence-electron chi connectivity index (χ1n) is 9.67. The number of piperidine rings is 1. The molecule has 1 aromatic heterocycles. The largest absolute Gasteiger partial charge is 0.486 e. The monoisotopic (exact) mass is 436 g/mol. The van der Waals surface area contributed by atoms with Crippen molar-refractivity contribution >= 4 is 27.3 Å². The molecule has 7 nitrogen and oxygen atoms in total. The number of hydrogen-bond donors (Lipinski definition) is 1. The number of aryl methyl sites for hydroxylation is 1. The van der Waals surface area contributed by atoms with Crippen LogP contribution in [0.25, 0.3) is 0 Å². The van der Waals surface area contributed by atoms with Crippen LogP contribution >= 0.6 is 11.3 Å². The number of nitrogens with zero attached hydrogens (tertiary/aromatic N) is 1. The Morgan fingerprint density at radius 1 is 1.24 bits per heavy atom. The highest BCUT2D eigenvalue weighted by atomic mass is 32.2. The third-order valence-corrected chi connectivity index (χ3v) is 8.50. The van der Waals surface area contributed by atoms with Crippen LogP contribution in [0.3, 0.4) is 0 Å². The summed E-state index contributed by atoms with van der Waals surface area (Å²) in [5, 5.41) is 2.94. The number of thiophene rings is 1. The number of nitrogens with one attached hydrogen (secondary N) is 1. The van der Waals surface area contributed by atoms with Crippen molar-refractivity contribution in [2.75, 3.05) is 26.3 Å². The quantitative estimate of drug-likeness (QED) is 0.779. The Morgan fingerprint density at radius 2 is 2.07 bits per heavy atom. The third-order valence-electron chi connectivity index (χ3n) is 5.17. The minimum atomic E-state index is -3.55. The minimum Gasteiger partial charge on any atom is -0.486 e. The fraction of sp³-hybridized carbons (Fsp3) is 0.450. The lowest BCUT2D eigenvalue weighted by Gasteiger charge is -2.31. The second-order valence-corrected chi connectivity index (χ2v) is 10.7. The van der Waals surface area contributed by atoms with Crippen LogP contribution in [0.4, 0.5) is 0 Å². The smallest absolute Gasteiger partial charge is 0.252 e. The molecule has 29 heavy (non-hydrogen) atoms. The lowest BCUT2D eigenvalue weighted by molar-refractivity contribution is -0.126. The van der Waals surface area contributed by atoms with Crippen LogP contribution in [-0.2, 0) is 21.4 Å². The van der Waals surface area contributed by atoms with Crippen LogP contribution in [0.15, 0.2) is 34.5 Å². The minimum absolute atomic E-state index is 0.137. The number of rotatable bonds is 5. The van der Waals surface area contributed by atoms with Crippen LogP contribution in [-0.4, -0.2) is 44.9 Å². The number of hydrogen-bond acceptors (Lipinski definition) is 6. The summed E-state index contributed by atoms with van der Waals surface area (Å²) in [6, 6.07) is 9.05. The number of amides is 1. The molecule has 1 fully saturated rings. The Balaban J connectivity index is 1.41. The number of para-hydroxylation sites is 1. The SMILES string of the molecule is Cc1ccc(S(=O)(=O)N2CCCC(C(=O)NCc3cccc4c3OCCO4)C2)s1. The summed E-state index contributed by atoms with van der Waals surface area (Å²) in [4.78, 5) is 13.7. The highest BCUT2D eigenvalue weighted by molar-refractivity contribution is 7.91. The lowest BCUT2D eigenvalue weighted by Crippen LogP contribution is -2.45. The number of benzene rings is 1. The van der Waals surface area contributed by atoms with Gasteiger partial charge in [-0.25, -0.2) is 8.42 Å². The standard InChI is InChI=1S/C20H24N2O5S2/c1-14-7-8-18(28-14)29(24,25)22-9-3-5-16(13-22)20(23)21-12-15-4-2-6-17-19(15)27-11-10-26-17/h2,4,6-8,16H,3,5,9-13H2,1H3,(H,21,23).